The fourth-order valence-electron chi connectivity index (χ4n) is 1.73. The number of pyridine rings is 1. The van der Waals surface area contributed by atoms with Crippen LogP contribution in [0.25, 0.3) is 11.2 Å². The number of fused-ring (bicyclic) bond motifs is 1. The number of non-ortho nitro benzene ring substituents is 1. The summed E-state index contributed by atoms with van der Waals surface area (Å²) in [6.45, 7) is 0. The molecule has 0 aliphatic carbocycles. The van der Waals surface area contributed by atoms with Gasteiger partial charge in [0.2, 0.25) is 0 Å². The highest BCUT2D eigenvalue weighted by Crippen LogP contribution is 2.24. The van der Waals surface area contributed by atoms with Crippen LogP contribution in [0.15, 0.2) is 41.3 Å². The second-order valence-electron chi connectivity index (χ2n) is 4.00. The first-order valence-electron chi connectivity index (χ1n) is 5.62. The summed E-state index contributed by atoms with van der Waals surface area (Å²) in [5, 5.41) is 10.5. The molecule has 100 valence electrons. The van der Waals surface area contributed by atoms with Crippen molar-refractivity contribution < 1.29 is 9.66 Å². The molecule has 8 nitrogen and oxygen atoms in total. The average molecular weight is 272 g/mol. The Bertz CT molecular complexity index is 835. The largest absolute Gasteiger partial charge is 0.456 e. The molecule has 0 amide bonds. The van der Waals surface area contributed by atoms with Gasteiger partial charge in [0, 0.05) is 18.2 Å². The number of nitrogens with one attached hydrogen (secondary N) is 2. The molecule has 0 fully saturated rings. The molecule has 0 radical (unpaired) electrons. The molecule has 3 rings (SSSR count). The maximum Gasteiger partial charge on any atom is 0.325 e. The third kappa shape index (κ3) is 2.21. The Labute approximate surface area is 111 Å². The molecule has 2 N–H and O–H groups in total. The number of imidazole rings is 1. The molecule has 1 aromatic carbocycles. The monoisotopic (exact) mass is 272 g/mol. The molecule has 0 saturated heterocycles. The van der Waals surface area contributed by atoms with E-state index in [2.05, 4.69) is 15.0 Å². The van der Waals surface area contributed by atoms with Gasteiger partial charge in [-0.05, 0) is 12.1 Å². The molecular weight excluding hydrogens is 264 g/mol. The molecule has 8 heteroatoms. The number of benzene rings is 1. The molecule has 0 spiro atoms. The minimum absolute atomic E-state index is 0.0131. The number of hydrogen-bond donors (Lipinski definition) is 2. The number of nitro groups is 1. The van der Waals surface area contributed by atoms with E-state index in [4.69, 9.17) is 4.74 Å². The van der Waals surface area contributed by atoms with Gasteiger partial charge >= 0.3 is 5.69 Å². The Morgan fingerprint density at radius 3 is 2.60 bits per heavy atom. The van der Waals surface area contributed by atoms with Crippen LogP contribution in [0.3, 0.4) is 0 Å². The lowest BCUT2D eigenvalue weighted by Crippen LogP contribution is -1.99. The Kier molecular flexibility index (Phi) is 2.68. The van der Waals surface area contributed by atoms with Crippen LogP contribution in [0.4, 0.5) is 5.69 Å². The molecule has 0 saturated carbocycles. The van der Waals surface area contributed by atoms with E-state index < -0.39 is 4.92 Å². The summed E-state index contributed by atoms with van der Waals surface area (Å²) in [4.78, 5) is 30.3. The highest BCUT2D eigenvalue weighted by Gasteiger charge is 2.06. The van der Waals surface area contributed by atoms with Crippen molar-refractivity contribution in [2.75, 3.05) is 0 Å². The predicted molar refractivity (Wildman–Crippen MR) is 69.9 cm³/mol. The zero-order valence-electron chi connectivity index (χ0n) is 9.99. The molecule has 0 atom stereocenters. The van der Waals surface area contributed by atoms with Crippen LogP contribution >= 0.6 is 0 Å². The Morgan fingerprint density at radius 1 is 1.15 bits per heavy atom. The lowest BCUT2D eigenvalue weighted by molar-refractivity contribution is -0.384. The standard InChI is InChI=1S/C12H8N4O4/c17-12-14-10-5-9(6-13-11(10)15-12)20-8-3-1-7(2-4-8)16(18)19/h1-6H,(H2,13,14,15,17). The molecule has 2 heterocycles. The van der Waals surface area contributed by atoms with Gasteiger partial charge in [-0.25, -0.2) is 9.78 Å². The van der Waals surface area contributed by atoms with Crippen LogP contribution in [0.5, 0.6) is 11.5 Å². The summed E-state index contributed by atoms with van der Waals surface area (Å²) in [6.07, 6.45) is 1.45. The van der Waals surface area contributed by atoms with E-state index in [0.717, 1.165) is 0 Å². The van der Waals surface area contributed by atoms with Gasteiger partial charge < -0.3 is 9.72 Å². The van der Waals surface area contributed by atoms with Crippen LogP contribution < -0.4 is 10.4 Å². The second kappa shape index (κ2) is 4.50. The van der Waals surface area contributed by atoms with Crippen molar-refractivity contribution in [2.45, 2.75) is 0 Å². The SMILES string of the molecule is O=c1[nH]c2cc(Oc3ccc([N+](=O)[O-])cc3)cnc2[nH]1. The topological polar surface area (TPSA) is 114 Å². The van der Waals surface area contributed by atoms with Gasteiger partial charge in [0.25, 0.3) is 5.69 Å². The van der Waals surface area contributed by atoms with E-state index in [1.807, 2.05) is 0 Å². The number of aromatic nitrogens is 3. The summed E-state index contributed by atoms with van der Waals surface area (Å²) in [6, 6.07) is 7.28. The quantitative estimate of drug-likeness (QED) is 0.558. The van der Waals surface area contributed by atoms with E-state index in [1.54, 1.807) is 6.07 Å². The predicted octanol–water partition coefficient (Wildman–Crippen LogP) is 1.95. The lowest BCUT2D eigenvalue weighted by Gasteiger charge is -2.04. The van der Waals surface area contributed by atoms with Crippen molar-refractivity contribution in [2.24, 2.45) is 0 Å². The van der Waals surface area contributed by atoms with E-state index >= 15 is 0 Å². The van der Waals surface area contributed by atoms with E-state index in [1.165, 1.54) is 30.5 Å². The molecule has 2 aromatic heterocycles. The summed E-state index contributed by atoms with van der Waals surface area (Å²) < 4.78 is 5.51. The van der Waals surface area contributed by atoms with Crippen molar-refractivity contribution in [3.05, 3.63) is 57.1 Å². The third-order valence-electron chi connectivity index (χ3n) is 2.63. The highest BCUT2D eigenvalue weighted by molar-refractivity contribution is 5.71. The van der Waals surface area contributed by atoms with Crippen molar-refractivity contribution in [1.29, 1.82) is 0 Å². The smallest absolute Gasteiger partial charge is 0.325 e. The molecule has 3 aromatic rings. The number of hydrogen-bond acceptors (Lipinski definition) is 5. The summed E-state index contributed by atoms with van der Waals surface area (Å²) in [7, 11) is 0. The van der Waals surface area contributed by atoms with Gasteiger partial charge in [-0.2, -0.15) is 0 Å². The first-order valence-corrected chi connectivity index (χ1v) is 5.62. The normalized spacial score (nSPS) is 10.6. The maximum absolute atomic E-state index is 11.1. The zero-order chi connectivity index (χ0) is 14.1. The van der Waals surface area contributed by atoms with Gasteiger partial charge in [0.05, 0.1) is 16.6 Å². The van der Waals surface area contributed by atoms with Crippen LogP contribution in [0.2, 0.25) is 0 Å². The minimum Gasteiger partial charge on any atom is -0.456 e. The van der Waals surface area contributed by atoms with E-state index in [-0.39, 0.29) is 11.4 Å². The van der Waals surface area contributed by atoms with Gasteiger partial charge in [0.15, 0.2) is 5.65 Å². The number of rotatable bonds is 3. The van der Waals surface area contributed by atoms with E-state index in [0.29, 0.717) is 22.7 Å². The summed E-state index contributed by atoms with van der Waals surface area (Å²) in [5.74, 6) is 0.858. The molecule has 0 aliphatic heterocycles. The average Bonchev–Trinajstić information content (AvgIpc) is 2.78. The Morgan fingerprint density at radius 2 is 1.90 bits per heavy atom. The van der Waals surface area contributed by atoms with Crippen molar-refractivity contribution in [3.8, 4) is 11.5 Å². The number of nitrogens with zero attached hydrogens (tertiary/aromatic N) is 2. The fourth-order valence-corrected chi connectivity index (χ4v) is 1.73. The fraction of sp³-hybridized carbons (Fsp3) is 0. The summed E-state index contributed by atoms with van der Waals surface area (Å²) >= 11 is 0. The van der Waals surface area contributed by atoms with Crippen LogP contribution in [-0.2, 0) is 0 Å². The third-order valence-corrected chi connectivity index (χ3v) is 2.63. The minimum atomic E-state index is -0.484. The van der Waals surface area contributed by atoms with Crippen molar-refractivity contribution >= 4 is 16.9 Å². The highest BCUT2D eigenvalue weighted by atomic mass is 16.6. The number of ether oxygens (including phenoxy) is 1. The van der Waals surface area contributed by atoms with Crippen molar-refractivity contribution in [3.63, 3.8) is 0 Å². The number of nitro benzene ring substituents is 1. The molecular formula is C12H8N4O4. The molecule has 20 heavy (non-hydrogen) atoms. The maximum atomic E-state index is 11.1. The van der Waals surface area contributed by atoms with Crippen LogP contribution in [0.1, 0.15) is 0 Å². The Hall–Kier alpha value is -3.16. The Balaban J connectivity index is 1.88. The van der Waals surface area contributed by atoms with Gasteiger partial charge in [0.1, 0.15) is 11.5 Å². The molecule has 0 unspecified atom stereocenters. The molecule has 0 bridgehead atoms. The van der Waals surface area contributed by atoms with Crippen molar-refractivity contribution in [1.82, 2.24) is 15.0 Å². The van der Waals surface area contributed by atoms with Crippen LogP contribution in [-0.4, -0.2) is 19.9 Å². The first kappa shape index (κ1) is 11.9. The molecule has 0 aliphatic rings. The van der Waals surface area contributed by atoms with E-state index in [9.17, 15) is 14.9 Å². The van der Waals surface area contributed by atoms with Crippen LogP contribution in [0, 0.1) is 10.1 Å². The lowest BCUT2D eigenvalue weighted by atomic mass is 10.3. The number of aromatic amines is 2. The first-order chi connectivity index (χ1) is 9.61. The number of H-pyrrole nitrogens is 2. The van der Waals surface area contributed by atoms with Gasteiger partial charge in [-0.1, -0.05) is 0 Å². The summed E-state index contributed by atoms with van der Waals surface area (Å²) in [5.41, 5.74) is 0.598. The van der Waals surface area contributed by atoms with Gasteiger partial charge in [-0.15, -0.1) is 0 Å². The second-order valence-corrected chi connectivity index (χ2v) is 4.00. The zero-order valence-corrected chi connectivity index (χ0v) is 9.99. The van der Waals surface area contributed by atoms with Gasteiger partial charge in [-0.3, -0.25) is 15.1 Å².